The fraction of sp³-hybridized carbons (Fsp3) is 0.364. The van der Waals surface area contributed by atoms with Gasteiger partial charge >= 0.3 is 5.97 Å². The Kier molecular flexibility index (Phi) is 5.31. The van der Waals surface area contributed by atoms with Crippen LogP contribution in [-0.2, 0) is 16.1 Å². The molecule has 6 heteroatoms. The van der Waals surface area contributed by atoms with E-state index in [2.05, 4.69) is 10.1 Å². The number of alkyl halides is 1. The summed E-state index contributed by atoms with van der Waals surface area (Å²) >= 11 is 5.66. The molecular formula is C11H12ClF2NO2. The third-order valence-electron chi connectivity index (χ3n) is 2.10. The lowest BCUT2D eigenvalue weighted by Gasteiger charge is -2.09. The highest BCUT2D eigenvalue weighted by atomic mass is 35.5. The average Bonchev–Trinajstić information content (AvgIpc) is 2.32. The third-order valence-corrected chi connectivity index (χ3v) is 2.44. The molecule has 0 aliphatic carbocycles. The zero-order chi connectivity index (χ0) is 12.8. The molecule has 0 amide bonds. The summed E-state index contributed by atoms with van der Waals surface area (Å²) in [5, 5.41) is 1.89. The van der Waals surface area contributed by atoms with Crippen LogP contribution < -0.4 is 5.32 Å². The van der Waals surface area contributed by atoms with Crippen LogP contribution in [0.3, 0.4) is 0 Å². The van der Waals surface area contributed by atoms with Crippen molar-refractivity contribution < 1.29 is 18.3 Å². The molecule has 1 atom stereocenters. The maximum Gasteiger partial charge on any atom is 0.325 e. The van der Waals surface area contributed by atoms with Gasteiger partial charge in [0, 0.05) is 18.7 Å². The van der Waals surface area contributed by atoms with E-state index >= 15 is 0 Å². The van der Waals surface area contributed by atoms with Crippen molar-refractivity contribution in [1.29, 1.82) is 0 Å². The van der Waals surface area contributed by atoms with Gasteiger partial charge in [0.25, 0.3) is 0 Å². The second-order valence-corrected chi connectivity index (χ2v) is 3.88. The van der Waals surface area contributed by atoms with E-state index in [0.717, 1.165) is 18.2 Å². The van der Waals surface area contributed by atoms with Crippen LogP contribution >= 0.6 is 11.6 Å². The van der Waals surface area contributed by atoms with Crippen molar-refractivity contribution in [3.63, 3.8) is 0 Å². The fourth-order valence-corrected chi connectivity index (χ4v) is 1.42. The van der Waals surface area contributed by atoms with Gasteiger partial charge < -0.3 is 10.1 Å². The van der Waals surface area contributed by atoms with Gasteiger partial charge in [-0.15, -0.1) is 11.6 Å². The van der Waals surface area contributed by atoms with Crippen LogP contribution in [0.25, 0.3) is 0 Å². The Morgan fingerprint density at radius 3 is 2.88 bits per heavy atom. The highest BCUT2D eigenvalue weighted by molar-refractivity contribution is 6.30. The van der Waals surface area contributed by atoms with Crippen molar-refractivity contribution in [2.75, 3.05) is 13.7 Å². The van der Waals surface area contributed by atoms with E-state index in [1.165, 1.54) is 7.11 Å². The molecule has 0 fully saturated rings. The lowest BCUT2D eigenvalue weighted by atomic mass is 10.2. The Balaban J connectivity index is 2.45. The first-order valence-electron chi connectivity index (χ1n) is 4.91. The minimum atomic E-state index is -0.850. The molecule has 0 spiro atoms. The Hall–Kier alpha value is -1.20. The van der Waals surface area contributed by atoms with Gasteiger partial charge in [0.15, 0.2) is 0 Å². The topological polar surface area (TPSA) is 38.3 Å². The van der Waals surface area contributed by atoms with Crippen LogP contribution in [-0.4, -0.2) is 25.0 Å². The molecule has 1 aromatic carbocycles. The van der Waals surface area contributed by atoms with Crippen molar-refractivity contribution in [2.45, 2.75) is 11.9 Å². The predicted molar refractivity (Wildman–Crippen MR) is 59.7 cm³/mol. The summed E-state index contributed by atoms with van der Waals surface area (Å²) in [7, 11) is 1.23. The van der Waals surface area contributed by atoms with Crippen molar-refractivity contribution in [3.8, 4) is 0 Å². The van der Waals surface area contributed by atoms with Gasteiger partial charge in [-0.1, -0.05) is 0 Å². The fourth-order valence-electron chi connectivity index (χ4n) is 1.22. The van der Waals surface area contributed by atoms with Gasteiger partial charge in [-0.25, -0.2) is 8.78 Å². The molecule has 17 heavy (non-hydrogen) atoms. The van der Waals surface area contributed by atoms with Gasteiger partial charge in [0.1, 0.15) is 17.0 Å². The molecule has 0 radical (unpaired) electrons. The van der Waals surface area contributed by atoms with E-state index in [1.807, 2.05) is 0 Å². The molecule has 0 heterocycles. The van der Waals surface area contributed by atoms with Crippen molar-refractivity contribution in [1.82, 2.24) is 5.32 Å². The van der Waals surface area contributed by atoms with E-state index in [1.54, 1.807) is 0 Å². The summed E-state index contributed by atoms with van der Waals surface area (Å²) in [6.07, 6.45) is 0. The molecule has 1 aromatic rings. The quantitative estimate of drug-likeness (QED) is 0.651. The number of carbonyl (C=O) groups is 1. The van der Waals surface area contributed by atoms with Crippen LogP contribution in [0.15, 0.2) is 18.2 Å². The first kappa shape index (κ1) is 13.9. The number of benzene rings is 1. The zero-order valence-electron chi connectivity index (χ0n) is 9.17. The van der Waals surface area contributed by atoms with Gasteiger partial charge in [0.2, 0.25) is 0 Å². The molecule has 3 nitrogen and oxygen atoms in total. The monoisotopic (exact) mass is 263 g/mol. The largest absolute Gasteiger partial charge is 0.468 e. The highest BCUT2D eigenvalue weighted by Gasteiger charge is 2.15. The maximum absolute atomic E-state index is 13.2. The summed E-state index contributed by atoms with van der Waals surface area (Å²) in [6, 6.07) is 3.17. The number of ether oxygens (including phenoxy) is 1. The number of halogens is 3. The van der Waals surface area contributed by atoms with E-state index in [0.29, 0.717) is 0 Å². The Bertz CT molecular complexity index is 401. The summed E-state index contributed by atoms with van der Waals surface area (Å²) < 4.78 is 30.4. The Labute approximate surface area is 103 Å². The maximum atomic E-state index is 13.2. The van der Waals surface area contributed by atoms with Crippen LogP contribution in [0.2, 0.25) is 0 Å². The number of methoxy groups -OCH3 is 1. The van der Waals surface area contributed by atoms with E-state index in [-0.39, 0.29) is 18.7 Å². The van der Waals surface area contributed by atoms with E-state index in [4.69, 9.17) is 11.6 Å². The smallest absolute Gasteiger partial charge is 0.325 e. The van der Waals surface area contributed by atoms with Gasteiger partial charge in [-0.2, -0.15) is 0 Å². The first-order chi connectivity index (χ1) is 8.04. The second kappa shape index (κ2) is 6.51. The SMILES string of the molecule is COC(=O)C(Cl)CNCc1cc(F)ccc1F. The molecule has 1 N–H and O–H groups in total. The first-order valence-corrected chi connectivity index (χ1v) is 5.34. The van der Waals surface area contributed by atoms with Crippen LogP contribution in [0.1, 0.15) is 5.56 Å². The summed E-state index contributed by atoms with van der Waals surface area (Å²) in [4.78, 5) is 10.9. The van der Waals surface area contributed by atoms with Crippen molar-refractivity contribution in [2.24, 2.45) is 0 Å². The molecular weight excluding hydrogens is 252 g/mol. The lowest BCUT2D eigenvalue weighted by molar-refractivity contribution is -0.140. The molecule has 1 rings (SSSR count). The summed E-state index contributed by atoms with van der Waals surface area (Å²) in [5.41, 5.74) is 0.179. The van der Waals surface area contributed by atoms with Crippen LogP contribution in [0, 0.1) is 11.6 Å². The highest BCUT2D eigenvalue weighted by Crippen LogP contribution is 2.09. The number of hydrogen-bond acceptors (Lipinski definition) is 3. The lowest BCUT2D eigenvalue weighted by Crippen LogP contribution is -2.30. The molecule has 0 aliphatic rings. The number of esters is 1. The van der Waals surface area contributed by atoms with Crippen LogP contribution in [0.4, 0.5) is 8.78 Å². The Morgan fingerprint density at radius 1 is 1.53 bits per heavy atom. The number of hydrogen-bond donors (Lipinski definition) is 1. The molecule has 0 aliphatic heterocycles. The molecule has 0 aromatic heterocycles. The van der Waals surface area contributed by atoms with Gasteiger partial charge in [-0.3, -0.25) is 4.79 Å². The predicted octanol–water partition coefficient (Wildman–Crippen LogP) is 1.83. The standard InChI is InChI=1S/C11H12ClF2NO2/c1-17-11(16)9(12)6-15-5-7-4-8(13)2-3-10(7)14/h2-4,9,15H,5-6H2,1H3. The average molecular weight is 264 g/mol. The van der Waals surface area contributed by atoms with Crippen molar-refractivity contribution >= 4 is 17.6 Å². The summed E-state index contributed by atoms with van der Waals surface area (Å²) in [5.74, 6) is -1.60. The number of carbonyl (C=O) groups excluding carboxylic acids is 1. The minimum Gasteiger partial charge on any atom is -0.468 e. The van der Waals surface area contributed by atoms with Gasteiger partial charge in [0.05, 0.1) is 7.11 Å². The number of rotatable bonds is 5. The number of nitrogens with one attached hydrogen (secondary N) is 1. The molecule has 0 bridgehead atoms. The zero-order valence-corrected chi connectivity index (χ0v) is 9.93. The van der Waals surface area contributed by atoms with Gasteiger partial charge in [-0.05, 0) is 18.2 Å². The van der Waals surface area contributed by atoms with Crippen LogP contribution in [0.5, 0.6) is 0 Å². The molecule has 1 unspecified atom stereocenters. The normalized spacial score (nSPS) is 12.2. The second-order valence-electron chi connectivity index (χ2n) is 3.36. The molecule has 0 saturated carbocycles. The van der Waals surface area contributed by atoms with Crippen molar-refractivity contribution in [3.05, 3.63) is 35.4 Å². The van der Waals surface area contributed by atoms with E-state index in [9.17, 15) is 13.6 Å². The molecule has 94 valence electrons. The summed E-state index contributed by atoms with van der Waals surface area (Å²) in [6.45, 7) is 0.202. The minimum absolute atomic E-state index is 0.0871. The third kappa shape index (κ3) is 4.28. The van der Waals surface area contributed by atoms with E-state index < -0.39 is 23.0 Å². The molecule has 0 saturated heterocycles. The Morgan fingerprint density at radius 2 is 2.24 bits per heavy atom.